The molecule has 2 fully saturated rings. The predicted molar refractivity (Wildman–Crippen MR) is 107 cm³/mol. The SMILES string of the molecule is CCOc1ccc([C@H]2CC[C@H](CC[C@H]3CC[C@H](CC)CC3)CC2)c(F)c1F. The average molecular weight is 379 g/mol. The summed E-state index contributed by atoms with van der Waals surface area (Å²) in [4.78, 5) is 0. The third kappa shape index (κ3) is 5.23. The summed E-state index contributed by atoms with van der Waals surface area (Å²) in [7, 11) is 0. The molecule has 0 bridgehead atoms. The second kappa shape index (κ2) is 9.89. The number of ether oxygens (including phenoxy) is 1. The van der Waals surface area contributed by atoms with Crippen LogP contribution in [0.4, 0.5) is 8.78 Å². The summed E-state index contributed by atoms with van der Waals surface area (Å²) in [6, 6.07) is 3.33. The lowest BCUT2D eigenvalue weighted by atomic mass is 9.74. The molecule has 0 atom stereocenters. The van der Waals surface area contributed by atoms with E-state index in [0.29, 0.717) is 12.2 Å². The molecule has 3 rings (SSSR count). The zero-order valence-corrected chi connectivity index (χ0v) is 17.1. The molecule has 0 aliphatic heterocycles. The third-order valence-electron chi connectivity index (χ3n) is 7.19. The number of rotatable bonds is 7. The number of halogens is 2. The van der Waals surface area contributed by atoms with Gasteiger partial charge in [0, 0.05) is 0 Å². The van der Waals surface area contributed by atoms with Crippen LogP contribution in [0.3, 0.4) is 0 Å². The maximum Gasteiger partial charge on any atom is 0.200 e. The van der Waals surface area contributed by atoms with E-state index in [1.807, 2.05) is 0 Å². The molecule has 3 heteroatoms. The maximum atomic E-state index is 14.5. The molecule has 152 valence electrons. The molecule has 0 unspecified atom stereocenters. The van der Waals surface area contributed by atoms with Gasteiger partial charge in [-0.15, -0.1) is 0 Å². The van der Waals surface area contributed by atoms with Gasteiger partial charge in [-0.05, 0) is 67.9 Å². The normalized spacial score (nSPS) is 28.9. The first-order valence-corrected chi connectivity index (χ1v) is 11.2. The number of hydrogen-bond acceptors (Lipinski definition) is 1. The molecule has 0 saturated heterocycles. The lowest BCUT2D eigenvalue weighted by Crippen LogP contribution is -2.18. The van der Waals surface area contributed by atoms with E-state index in [-0.39, 0.29) is 11.7 Å². The van der Waals surface area contributed by atoms with Gasteiger partial charge in [0.05, 0.1) is 6.61 Å². The first-order chi connectivity index (χ1) is 13.1. The number of benzene rings is 1. The molecule has 0 spiro atoms. The van der Waals surface area contributed by atoms with E-state index in [9.17, 15) is 8.78 Å². The molecule has 1 nitrogen and oxygen atoms in total. The average Bonchev–Trinajstić information content (AvgIpc) is 2.71. The monoisotopic (exact) mass is 378 g/mol. The van der Waals surface area contributed by atoms with E-state index in [4.69, 9.17) is 4.74 Å². The van der Waals surface area contributed by atoms with Crippen molar-refractivity contribution < 1.29 is 13.5 Å². The van der Waals surface area contributed by atoms with E-state index in [1.165, 1.54) is 44.9 Å². The third-order valence-corrected chi connectivity index (χ3v) is 7.19. The van der Waals surface area contributed by atoms with E-state index in [0.717, 1.165) is 43.4 Å². The van der Waals surface area contributed by atoms with Crippen LogP contribution < -0.4 is 4.74 Å². The first-order valence-electron chi connectivity index (χ1n) is 11.2. The van der Waals surface area contributed by atoms with Crippen LogP contribution in [0.5, 0.6) is 5.75 Å². The van der Waals surface area contributed by atoms with Crippen LogP contribution in [-0.4, -0.2) is 6.61 Å². The fourth-order valence-corrected chi connectivity index (χ4v) is 5.29. The summed E-state index contributed by atoms with van der Waals surface area (Å²) in [6.07, 6.45) is 14.0. The molecule has 27 heavy (non-hydrogen) atoms. The van der Waals surface area contributed by atoms with Gasteiger partial charge in [0.1, 0.15) is 0 Å². The Morgan fingerprint density at radius 2 is 1.33 bits per heavy atom. The first kappa shape index (κ1) is 20.6. The van der Waals surface area contributed by atoms with Crippen LogP contribution in [0, 0.1) is 29.4 Å². The Morgan fingerprint density at radius 1 is 0.778 bits per heavy atom. The fraction of sp³-hybridized carbons (Fsp3) is 0.750. The van der Waals surface area contributed by atoms with E-state index in [1.54, 1.807) is 19.1 Å². The van der Waals surface area contributed by atoms with Crippen LogP contribution >= 0.6 is 0 Å². The molecular weight excluding hydrogens is 342 g/mol. The minimum absolute atomic E-state index is 0.0326. The standard InChI is InChI=1S/C24H36F2O/c1-3-17-5-7-18(8-6-17)9-10-19-11-13-20(14-12-19)21-15-16-22(27-4-2)24(26)23(21)25/h15-20H,3-14H2,1-2H3/t17-,18-,19-,20-. The maximum absolute atomic E-state index is 14.5. The Balaban J connectivity index is 1.46. The summed E-state index contributed by atoms with van der Waals surface area (Å²) >= 11 is 0. The van der Waals surface area contributed by atoms with Gasteiger partial charge in [0.15, 0.2) is 11.6 Å². The van der Waals surface area contributed by atoms with Crippen molar-refractivity contribution in [2.24, 2.45) is 17.8 Å². The van der Waals surface area contributed by atoms with Crippen LogP contribution in [0.25, 0.3) is 0 Å². The molecule has 1 aromatic carbocycles. The van der Waals surface area contributed by atoms with Crippen molar-refractivity contribution in [3.05, 3.63) is 29.3 Å². The number of hydrogen-bond donors (Lipinski definition) is 0. The Labute approximate surface area is 163 Å². The Bertz CT molecular complexity index is 584. The molecule has 0 N–H and O–H groups in total. The van der Waals surface area contributed by atoms with Gasteiger partial charge in [-0.2, -0.15) is 4.39 Å². The molecule has 0 radical (unpaired) electrons. The van der Waals surface area contributed by atoms with Crippen LogP contribution in [0.1, 0.15) is 96.0 Å². The van der Waals surface area contributed by atoms with Crippen molar-refractivity contribution in [2.75, 3.05) is 6.61 Å². The van der Waals surface area contributed by atoms with Crippen LogP contribution in [-0.2, 0) is 0 Å². The van der Waals surface area contributed by atoms with Gasteiger partial charge < -0.3 is 4.74 Å². The van der Waals surface area contributed by atoms with Gasteiger partial charge in [-0.1, -0.05) is 57.9 Å². The molecule has 2 aliphatic rings. The lowest BCUT2D eigenvalue weighted by molar-refractivity contribution is 0.227. The Kier molecular flexibility index (Phi) is 7.55. The quantitative estimate of drug-likeness (QED) is 0.474. The Hall–Kier alpha value is -1.12. The van der Waals surface area contributed by atoms with Gasteiger partial charge in [-0.3, -0.25) is 0 Å². The molecular formula is C24H36F2O. The molecule has 1 aromatic rings. The highest BCUT2D eigenvalue weighted by molar-refractivity contribution is 5.33. The minimum atomic E-state index is -0.820. The van der Waals surface area contributed by atoms with Crippen molar-refractivity contribution >= 4 is 0 Å². The molecule has 0 heterocycles. The largest absolute Gasteiger partial charge is 0.491 e. The summed E-state index contributed by atoms with van der Waals surface area (Å²) < 4.78 is 33.8. The van der Waals surface area contributed by atoms with Crippen LogP contribution in [0.15, 0.2) is 12.1 Å². The minimum Gasteiger partial charge on any atom is -0.491 e. The molecule has 2 saturated carbocycles. The zero-order chi connectivity index (χ0) is 19.2. The smallest absolute Gasteiger partial charge is 0.200 e. The van der Waals surface area contributed by atoms with Gasteiger partial charge >= 0.3 is 0 Å². The van der Waals surface area contributed by atoms with Crippen molar-refractivity contribution in [1.82, 2.24) is 0 Å². The van der Waals surface area contributed by atoms with Crippen molar-refractivity contribution in [2.45, 2.75) is 90.4 Å². The summed E-state index contributed by atoms with van der Waals surface area (Å²) in [6.45, 7) is 4.45. The van der Waals surface area contributed by atoms with Crippen molar-refractivity contribution in [3.8, 4) is 5.75 Å². The Morgan fingerprint density at radius 3 is 1.89 bits per heavy atom. The summed E-state index contributed by atoms with van der Waals surface area (Å²) in [5.41, 5.74) is 0.548. The topological polar surface area (TPSA) is 9.23 Å². The van der Waals surface area contributed by atoms with Gasteiger partial charge in [-0.25, -0.2) is 4.39 Å². The van der Waals surface area contributed by atoms with Crippen molar-refractivity contribution in [1.29, 1.82) is 0 Å². The van der Waals surface area contributed by atoms with E-state index in [2.05, 4.69) is 6.92 Å². The van der Waals surface area contributed by atoms with Gasteiger partial charge in [0.25, 0.3) is 0 Å². The highest BCUT2D eigenvalue weighted by atomic mass is 19.2. The molecule has 0 aromatic heterocycles. The van der Waals surface area contributed by atoms with Crippen molar-refractivity contribution in [3.63, 3.8) is 0 Å². The lowest BCUT2D eigenvalue weighted by Gasteiger charge is -2.32. The summed E-state index contributed by atoms with van der Waals surface area (Å²) in [5.74, 6) is 1.36. The van der Waals surface area contributed by atoms with Gasteiger partial charge in [0.2, 0.25) is 5.82 Å². The summed E-state index contributed by atoms with van der Waals surface area (Å²) in [5, 5.41) is 0. The second-order valence-electron chi connectivity index (χ2n) is 8.80. The zero-order valence-electron chi connectivity index (χ0n) is 17.1. The predicted octanol–water partition coefficient (Wildman–Crippen LogP) is 7.63. The molecule has 0 amide bonds. The highest BCUT2D eigenvalue weighted by Gasteiger charge is 2.27. The molecule has 2 aliphatic carbocycles. The second-order valence-corrected chi connectivity index (χ2v) is 8.80. The van der Waals surface area contributed by atoms with E-state index < -0.39 is 11.6 Å². The van der Waals surface area contributed by atoms with Crippen LogP contribution in [0.2, 0.25) is 0 Å². The fourth-order valence-electron chi connectivity index (χ4n) is 5.29. The van der Waals surface area contributed by atoms with E-state index >= 15 is 0 Å². The highest BCUT2D eigenvalue weighted by Crippen LogP contribution is 2.41.